The molecule has 4 heteroatoms. The molecular formula is C16H26N2O2. The first-order chi connectivity index (χ1) is 9.28. The van der Waals surface area contributed by atoms with E-state index in [1.165, 1.54) is 0 Å². The molecule has 20 heavy (non-hydrogen) atoms. The molecule has 0 spiro atoms. The molecular weight excluding hydrogens is 252 g/mol. The Balaban J connectivity index is 2.33. The summed E-state index contributed by atoms with van der Waals surface area (Å²) in [5.74, 6) is 0.323. The highest BCUT2D eigenvalue weighted by Crippen LogP contribution is 2.15. The van der Waals surface area contributed by atoms with Crippen molar-refractivity contribution in [1.82, 2.24) is 5.32 Å². The average Bonchev–Trinajstić information content (AvgIpc) is 2.26. The molecule has 0 fully saturated rings. The maximum absolute atomic E-state index is 11.8. The lowest BCUT2D eigenvalue weighted by Crippen LogP contribution is -2.41. The molecule has 112 valence electrons. The van der Waals surface area contributed by atoms with E-state index in [1.807, 2.05) is 31.2 Å². The molecule has 1 aromatic rings. The van der Waals surface area contributed by atoms with Gasteiger partial charge in [-0.05, 0) is 43.9 Å². The molecule has 0 aromatic heterocycles. The third kappa shape index (κ3) is 6.68. The Labute approximate surface area is 121 Å². The van der Waals surface area contributed by atoms with E-state index >= 15 is 0 Å². The van der Waals surface area contributed by atoms with Crippen LogP contribution >= 0.6 is 0 Å². The zero-order valence-corrected chi connectivity index (χ0v) is 12.9. The molecule has 0 bridgehead atoms. The predicted molar refractivity (Wildman–Crippen MR) is 82.8 cm³/mol. The number of anilines is 1. The second-order valence-corrected chi connectivity index (χ2v) is 6.12. The van der Waals surface area contributed by atoms with Crippen LogP contribution in [0.5, 0.6) is 0 Å². The summed E-state index contributed by atoms with van der Waals surface area (Å²) in [5, 5.41) is 16.0. The second-order valence-electron chi connectivity index (χ2n) is 6.12. The van der Waals surface area contributed by atoms with Gasteiger partial charge in [0.1, 0.15) is 0 Å². The van der Waals surface area contributed by atoms with Crippen molar-refractivity contribution in [2.45, 2.75) is 39.7 Å². The van der Waals surface area contributed by atoms with Crippen molar-refractivity contribution in [3.8, 4) is 0 Å². The fraction of sp³-hybridized carbons (Fsp3) is 0.562. The normalized spacial score (nSPS) is 14.1. The van der Waals surface area contributed by atoms with E-state index in [1.54, 1.807) is 6.92 Å². The van der Waals surface area contributed by atoms with E-state index < -0.39 is 5.60 Å². The molecule has 4 nitrogen and oxygen atoms in total. The number of hydrogen-bond donors (Lipinski definition) is 3. The van der Waals surface area contributed by atoms with Crippen LogP contribution < -0.4 is 10.6 Å². The van der Waals surface area contributed by atoms with Crippen molar-refractivity contribution in [3.63, 3.8) is 0 Å². The van der Waals surface area contributed by atoms with Crippen molar-refractivity contribution in [2.75, 3.05) is 18.4 Å². The number of hydrogen-bond acceptors (Lipinski definition) is 3. The zero-order chi connectivity index (χ0) is 15.2. The zero-order valence-electron chi connectivity index (χ0n) is 12.9. The van der Waals surface area contributed by atoms with Gasteiger partial charge in [0.05, 0.1) is 12.1 Å². The van der Waals surface area contributed by atoms with Gasteiger partial charge in [-0.2, -0.15) is 0 Å². The topological polar surface area (TPSA) is 61.4 Å². The molecule has 1 atom stereocenters. The Bertz CT molecular complexity index is 442. The van der Waals surface area contributed by atoms with Crippen LogP contribution in [0.25, 0.3) is 0 Å². The quantitative estimate of drug-likeness (QED) is 0.717. The highest BCUT2D eigenvalue weighted by molar-refractivity contribution is 5.92. The molecule has 3 N–H and O–H groups in total. The number of aryl methyl sites for hydroxylation is 1. The van der Waals surface area contributed by atoms with E-state index in [0.29, 0.717) is 18.9 Å². The SMILES string of the molecule is Cc1cccc(NC(=O)CNCC(C)(O)CC(C)C)c1. The summed E-state index contributed by atoms with van der Waals surface area (Å²) in [5.41, 5.74) is 1.12. The molecule has 1 amide bonds. The molecule has 0 radical (unpaired) electrons. The lowest BCUT2D eigenvalue weighted by molar-refractivity contribution is -0.115. The van der Waals surface area contributed by atoms with Crippen LogP contribution in [-0.4, -0.2) is 29.7 Å². The Morgan fingerprint density at radius 3 is 2.70 bits per heavy atom. The summed E-state index contributed by atoms with van der Waals surface area (Å²) in [7, 11) is 0. The second kappa shape index (κ2) is 7.41. The lowest BCUT2D eigenvalue weighted by Gasteiger charge is -2.25. The summed E-state index contributed by atoms with van der Waals surface area (Å²) in [6, 6.07) is 7.68. The van der Waals surface area contributed by atoms with Gasteiger partial charge in [-0.1, -0.05) is 26.0 Å². The van der Waals surface area contributed by atoms with Crippen LogP contribution in [0.15, 0.2) is 24.3 Å². The molecule has 0 aliphatic rings. The summed E-state index contributed by atoms with van der Waals surface area (Å²) in [4.78, 5) is 11.8. The number of rotatable bonds is 7. The van der Waals surface area contributed by atoms with Crippen LogP contribution in [0.1, 0.15) is 32.8 Å². The third-order valence-electron chi connectivity index (χ3n) is 2.94. The number of aliphatic hydroxyl groups is 1. The van der Waals surface area contributed by atoms with E-state index in [9.17, 15) is 9.90 Å². The largest absolute Gasteiger partial charge is 0.389 e. The Kier molecular flexibility index (Phi) is 6.17. The van der Waals surface area contributed by atoms with Gasteiger partial charge in [-0.25, -0.2) is 0 Å². The first kappa shape index (κ1) is 16.7. The van der Waals surface area contributed by atoms with E-state index in [0.717, 1.165) is 11.3 Å². The number of carbonyl (C=O) groups is 1. The van der Waals surface area contributed by atoms with Crippen molar-refractivity contribution in [3.05, 3.63) is 29.8 Å². The molecule has 1 rings (SSSR count). The third-order valence-corrected chi connectivity index (χ3v) is 2.94. The maximum Gasteiger partial charge on any atom is 0.238 e. The minimum atomic E-state index is -0.780. The smallest absolute Gasteiger partial charge is 0.238 e. The van der Waals surface area contributed by atoms with E-state index in [2.05, 4.69) is 24.5 Å². The Morgan fingerprint density at radius 2 is 2.10 bits per heavy atom. The van der Waals surface area contributed by atoms with Gasteiger partial charge in [-0.15, -0.1) is 0 Å². The Morgan fingerprint density at radius 1 is 1.40 bits per heavy atom. The van der Waals surface area contributed by atoms with Gasteiger partial charge in [0.25, 0.3) is 0 Å². The maximum atomic E-state index is 11.8. The lowest BCUT2D eigenvalue weighted by atomic mass is 9.94. The highest BCUT2D eigenvalue weighted by Gasteiger charge is 2.21. The van der Waals surface area contributed by atoms with Crippen LogP contribution in [0.4, 0.5) is 5.69 Å². The molecule has 0 aliphatic heterocycles. The number of nitrogens with one attached hydrogen (secondary N) is 2. The molecule has 0 saturated carbocycles. The molecule has 0 saturated heterocycles. The summed E-state index contributed by atoms with van der Waals surface area (Å²) >= 11 is 0. The molecule has 1 aromatic carbocycles. The minimum absolute atomic E-state index is 0.101. The fourth-order valence-corrected chi connectivity index (χ4v) is 2.32. The number of benzene rings is 1. The monoisotopic (exact) mass is 278 g/mol. The van der Waals surface area contributed by atoms with Crippen LogP contribution in [-0.2, 0) is 4.79 Å². The number of carbonyl (C=O) groups excluding carboxylic acids is 1. The van der Waals surface area contributed by atoms with Gasteiger partial charge < -0.3 is 15.7 Å². The molecule has 0 aliphatic carbocycles. The average molecular weight is 278 g/mol. The standard InChI is InChI=1S/C16H26N2O2/c1-12(2)9-16(4,20)11-17-10-15(19)18-14-7-5-6-13(3)8-14/h5-8,12,17,20H,9-11H2,1-4H3,(H,18,19). The predicted octanol–water partition coefficient (Wildman–Crippen LogP) is 2.32. The highest BCUT2D eigenvalue weighted by atomic mass is 16.3. The van der Waals surface area contributed by atoms with E-state index in [4.69, 9.17) is 0 Å². The van der Waals surface area contributed by atoms with Crippen molar-refractivity contribution in [1.29, 1.82) is 0 Å². The van der Waals surface area contributed by atoms with Crippen LogP contribution in [0.3, 0.4) is 0 Å². The number of amides is 1. The summed E-state index contributed by atoms with van der Waals surface area (Å²) in [6.07, 6.45) is 0.708. The van der Waals surface area contributed by atoms with Gasteiger partial charge >= 0.3 is 0 Å². The van der Waals surface area contributed by atoms with Gasteiger partial charge in [-0.3, -0.25) is 4.79 Å². The van der Waals surface area contributed by atoms with Crippen LogP contribution in [0.2, 0.25) is 0 Å². The first-order valence-corrected chi connectivity index (χ1v) is 7.08. The minimum Gasteiger partial charge on any atom is -0.389 e. The Hall–Kier alpha value is -1.39. The molecule has 0 heterocycles. The van der Waals surface area contributed by atoms with Crippen molar-refractivity contribution < 1.29 is 9.90 Å². The van der Waals surface area contributed by atoms with Crippen LogP contribution in [0, 0.1) is 12.8 Å². The summed E-state index contributed by atoms with van der Waals surface area (Å²) in [6.45, 7) is 8.52. The van der Waals surface area contributed by atoms with Gasteiger partial charge in [0.15, 0.2) is 0 Å². The molecule has 1 unspecified atom stereocenters. The van der Waals surface area contributed by atoms with E-state index in [-0.39, 0.29) is 12.5 Å². The van der Waals surface area contributed by atoms with Crippen molar-refractivity contribution >= 4 is 11.6 Å². The van der Waals surface area contributed by atoms with Crippen molar-refractivity contribution in [2.24, 2.45) is 5.92 Å². The summed E-state index contributed by atoms with van der Waals surface area (Å²) < 4.78 is 0. The van der Waals surface area contributed by atoms with Gasteiger partial charge in [0.2, 0.25) is 5.91 Å². The van der Waals surface area contributed by atoms with Gasteiger partial charge in [0, 0.05) is 12.2 Å². The first-order valence-electron chi connectivity index (χ1n) is 7.08. The fourth-order valence-electron chi connectivity index (χ4n) is 2.32.